The highest BCUT2D eigenvalue weighted by Gasteiger charge is 2.31. The minimum Gasteiger partial charge on any atom is -0.339 e. The minimum atomic E-state index is -3.55. The molecule has 1 aliphatic rings. The molecule has 0 aliphatic carbocycles. The Hall–Kier alpha value is -1.40. The van der Waals surface area contributed by atoms with Crippen LogP contribution in [0.2, 0.25) is 0 Å². The van der Waals surface area contributed by atoms with E-state index in [1.807, 2.05) is 13.8 Å². The normalized spacial score (nSPS) is 18.9. The maximum atomic E-state index is 13.0. The van der Waals surface area contributed by atoms with Gasteiger partial charge < -0.3 is 4.90 Å². The fourth-order valence-corrected chi connectivity index (χ4v) is 5.03. The number of nitrogens with zero attached hydrogens (tertiary/aromatic N) is 2. The molecule has 1 aromatic carbocycles. The van der Waals surface area contributed by atoms with Gasteiger partial charge in [-0.1, -0.05) is 25.8 Å². The van der Waals surface area contributed by atoms with E-state index < -0.39 is 10.0 Å². The maximum absolute atomic E-state index is 13.0. The first kappa shape index (κ1) is 19.9. The van der Waals surface area contributed by atoms with E-state index in [1.54, 1.807) is 27.4 Å². The van der Waals surface area contributed by atoms with Gasteiger partial charge in [0.15, 0.2) is 0 Å². The Labute approximate surface area is 152 Å². The zero-order valence-corrected chi connectivity index (χ0v) is 16.4. The predicted octanol–water partition coefficient (Wildman–Crippen LogP) is 3.51. The Morgan fingerprint density at radius 2 is 2.04 bits per heavy atom. The van der Waals surface area contributed by atoms with Gasteiger partial charge in [0.05, 0.1) is 4.90 Å². The second-order valence-corrected chi connectivity index (χ2v) is 8.62. The quantitative estimate of drug-likeness (QED) is 0.742. The van der Waals surface area contributed by atoms with E-state index >= 15 is 0 Å². The summed E-state index contributed by atoms with van der Waals surface area (Å²) >= 11 is 0. The highest BCUT2D eigenvalue weighted by molar-refractivity contribution is 7.89. The van der Waals surface area contributed by atoms with Crippen molar-refractivity contribution >= 4 is 15.9 Å². The molecule has 0 saturated carbocycles. The monoisotopic (exact) mass is 366 g/mol. The van der Waals surface area contributed by atoms with Crippen molar-refractivity contribution in [2.45, 2.75) is 63.8 Å². The molecule has 5 nitrogen and oxygen atoms in total. The molecule has 0 bridgehead atoms. The average molecular weight is 367 g/mol. The molecule has 2 rings (SSSR count). The molecule has 0 aromatic heterocycles. The van der Waals surface area contributed by atoms with Gasteiger partial charge in [-0.25, -0.2) is 8.42 Å². The summed E-state index contributed by atoms with van der Waals surface area (Å²) in [6, 6.07) is 6.51. The summed E-state index contributed by atoms with van der Waals surface area (Å²) in [5.74, 6) is -0.0975. The van der Waals surface area contributed by atoms with Crippen LogP contribution in [0.4, 0.5) is 0 Å². The van der Waals surface area contributed by atoms with Gasteiger partial charge in [0.25, 0.3) is 5.91 Å². The van der Waals surface area contributed by atoms with Crippen LogP contribution in [0.3, 0.4) is 0 Å². The topological polar surface area (TPSA) is 57.7 Å². The van der Waals surface area contributed by atoms with Crippen LogP contribution in [-0.4, -0.2) is 49.2 Å². The lowest BCUT2D eigenvalue weighted by molar-refractivity contribution is 0.0762. The number of hydrogen-bond acceptors (Lipinski definition) is 3. The van der Waals surface area contributed by atoms with Crippen molar-refractivity contribution in [3.8, 4) is 0 Å². The first-order chi connectivity index (χ1) is 11.9. The molecule has 1 heterocycles. The van der Waals surface area contributed by atoms with Gasteiger partial charge >= 0.3 is 0 Å². The van der Waals surface area contributed by atoms with Crippen LogP contribution in [0, 0.1) is 0 Å². The summed E-state index contributed by atoms with van der Waals surface area (Å²) in [6.07, 6.45) is 4.81. The number of rotatable bonds is 7. The van der Waals surface area contributed by atoms with Crippen molar-refractivity contribution < 1.29 is 13.2 Å². The SMILES string of the molecule is CCCCN(CC)C(=O)c1cccc(S(=O)(=O)N2CCCCC2C)c1. The molecular weight excluding hydrogens is 336 g/mol. The number of benzene rings is 1. The van der Waals surface area contributed by atoms with Crippen LogP contribution in [0.1, 0.15) is 63.2 Å². The third kappa shape index (κ3) is 4.61. The van der Waals surface area contributed by atoms with Crippen LogP contribution < -0.4 is 0 Å². The lowest BCUT2D eigenvalue weighted by atomic mass is 10.1. The van der Waals surface area contributed by atoms with Gasteiger partial charge in [0, 0.05) is 31.2 Å². The van der Waals surface area contributed by atoms with Crippen molar-refractivity contribution in [2.24, 2.45) is 0 Å². The standard InChI is InChI=1S/C19H30N2O3S/c1-4-6-13-20(5-2)19(22)17-11-9-12-18(15-17)25(23,24)21-14-8-7-10-16(21)3/h9,11-12,15-16H,4-8,10,13-14H2,1-3H3. The molecule has 1 aliphatic heterocycles. The summed E-state index contributed by atoms with van der Waals surface area (Å²) < 4.78 is 27.5. The molecule has 1 fully saturated rings. The van der Waals surface area contributed by atoms with Crippen LogP contribution in [-0.2, 0) is 10.0 Å². The molecule has 0 N–H and O–H groups in total. The fraction of sp³-hybridized carbons (Fsp3) is 0.632. The third-order valence-corrected chi connectivity index (χ3v) is 6.89. The van der Waals surface area contributed by atoms with Crippen molar-refractivity contribution in [2.75, 3.05) is 19.6 Å². The highest BCUT2D eigenvalue weighted by atomic mass is 32.2. The fourth-order valence-electron chi connectivity index (χ4n) is 3.29. The predicted molar refractivity (Wildman–Crippen MR) is 100 cm³/mol. The Balaban J connectivity index is 2.26. The zero-order valence-electron chi connectivity index (χ0n) is 15.6. The summed E-state index contributed by atoms with van der Waals surface area (Å²) in [5.41, 5.74) is 0.448. The van der Waals surface area contributed by atoms with E-state index in [9.17, 15) is 13.2 Å². The lowest BCUT2D eigenvalue weighted by Crippen LogP contribution is -2.42. The average Bonchev–Trinajstić information content (AvgIpc) is 2.62. The molecule has 0 radical (unpaired) electrons. The third-order valence-electron chi connectivity index (χ3n) is 4.88. The van der Waals surface area contributed by atoms with E-state index in [-0.39, 0.29) is 16.8 Å². The number of unbranched alkanes of at least 4 members (excludes halogenated alkanes) is 1. The highest BCUT2D eigenvalue weighted by Crippen LogP contribution is 2.25. The molecule has 6 heteroatoms. The number of amides is 1. The van der Waals surface area contributed by atoms with Gasteiger partial charge in [0.1, 0.15) is 0 Å². The Morgan fingerprint density at radius 3 is 2.68 bits per heavy atom. The zero-order chi connectivity index (χ0) is 18.4. The summed E-state index contributed by atoms with van der Waals surface area (Å²) in [7, 11) is -3.55. The van der Waals surface area contributed by atoms with E-state index in [1.165, 1.54) is 6.07 Å². The molecule has 1 amide bonds. The van der Waals surface area contributed by atoms with Gasteiger partial charge in [-0.05, 0) is 51.3 Å². The molecular formula is C19H30N2O3S. The lowest BCUT2D eigenvalue weighted by Gasteiger charge is -2.32. The summed E-state index contributed by atoms with van der Waals surface area (Å²) in [5, 5.41) is 0. The molecule has 1 saturated heterocycles. The largest absolute Gasteiger partial charge is 0.339 e. The number of piperidine rings is 1. The minimum absolute atomic E-state index is 0.00908. The van der Waals surface area contributed by atoms with Gasteiger partial charge in [-0.2, -0.15) is 4.31 Å². The van der Waals surface area contributed by atoms with E-state index in [0.29, 0.717) is 25.2 Å². The van der Waals surface area contributed by atoms with Crippen molar-refractivity contribution in [3.05, 3.63) is 29.8 Å². The number of hydrogen-bond donors (Lipinski definition) is 0. The maximum Gasteiger partial charge on any atom is 0.253 e. The Kier molecular flexibility index (Phi) is 7.02. The van der Waals surface area contributed by atoms with Crippen LogP contribution in [0.15, 0.2) is 29.2 Å². The summed E-state index contributed by atoms with van der Waals surface area (Å²) in [4.78, 5) is 14.7. The molecule has 1 aromatic rings. The van der Waals surface area contributed by atoms with E-state index in [4.69, 9.17) is 0 Å². The van der Waals surface area contributed by atoms with Crippen LogP contribution in [0.25, 0.3) is 0 Å². The number of carbonyl (C=O) groups excluding carboxylic acids is 1. The number of sulfonamides is 1. The molecule has 1 unspecified atom stereocenters. The Morgan fingerprint density at radius 1 is 1.28 bits per heavy atom. The molecule has 25 heavy (non-hydrogen) atoms. The van der Waals surface area contributed by atoms with Crippen LogP contribution in [0.5, 0.6) is 0 Å². The van der Waals surface area contributed by atoms with Gasteiger partial charge in [0.2, 0.25) is 10.0 Å². The molecule has 1 atom stereocenters. The van der Waals surface area contributed by atoms with Crippen molar-refractivity contribution in [1.82, 2.24) is 9.21 Å². The Bertz CT molecular complexity index is 688. The summed E-state index contributed by atoms with van der Waals surface area (Å²) in [6.45, 7) is 7.87. The van der Waals surface area contributed by atoms with Crippen molar-refractivity contribution in [1.29, 1.82) is 0 Å². The van der Waals surface area contributed by atoms with Crippen LogP contribution >= 0.6 is 0 Å². The second-order valence-electron chi connectivity index (χ2n) is 6.73. The number of carbonyl (C=O) groups is 1. The van der Waals surface area contributed by atoms with Gasteiger partial charge in [-0.15, -0.1) is 0 Å². The van der Waals surface area contributed by atoms with E-state index in [0.717, 1.165) is 32.1 Å². The van der Waals surface area contributed by atoms with Crippen molar-refractivity contribution in [3.63, 3.8) is 0 Å². The second kappa shape index (κ2) is 8.81. The first-order valence-electron chi connectivity index (χ1n) is 9.33. The van der Waals surface area contributed by atoms with E-state index in [2.05, 4.69) is 6.92 Å². The smallest absolute Gasteiger partial charge is 0.253 e. The van der Waals surface area contributed by atoms with Gasteiger partial charge in [-0.3, -0.25) is 4.79 Å². The molecule has 140 valence electrons. The molecule has 0 spiro atoms. The first-order valence-corrected chi connectivity index (χ1v) is 10.8.